The number of nitrogens with zero attached hydrogens (tertiary/aromatic N) is 2. The van der Waals surface area contributed by atoms with Gasteiger partial charge in [0.1, 0.15) is 11.6 Å². The maximum absolute atomic E-state index is 13.4. The molecular weight excluding hydrogens is 475 g/mol. The molecule has 0 bridgehead atoms. The summed E-state index contributed by atoms with van der Waals surface area (Å²) in [5.41, 5.74) is 1.70. The normalized spacial score (nSPS) is 19.2. The zero-order valence-electron chi connectivity index (χ0n) is 21.5. The van der Waals surface area contributed by atoms with E-state index in [1.807, 2.05) is 29.2 Å². The van der Waals surface area contributed by atoms with E-state index < -0.39 is 0 Å². The van der Waals surface area contributed by atoms with Gasteiger partial charge in [0.2, 0.25) is 5.91 Å². The summed E-state index contributed by atoms with van der Waals surface area (Å²) >= 11 is 0. The van der Waals surface area contributed by atoms with Crippen molar-refractivity contribution in [1.82, 2.24) is 15.1 Å². The Bertz CT molecular complexity index is 1030. The van der Waals surface area contributed by atoms with E-state index >= 15 is 0 Å². The molecule has 0 saturated carbocycles. The maximum atomic E-state index is 13.4. The number of nitrogens with one attached hydrogen (secondary N) is 2. The van der Waals surface area contributed by atoms with Crippen LogP contribution in [-0.4, -0.2) is 80.8 Å². The number of hydrogen-bond acceptors (Lipinski definition) is 5. The number of benzene rings is 2. The van der Waals surface area contributed by atoms with Crippen LogP contribution in [0.2, 0.25) is 0 Å². The number of carbonyl (C=O) groups is 2. The number of halogens is 1. The van der Waals surface area contributed by atoms with Gasteiger partial charge in [-0.15, -0.1) is 0 Å². The lowest BCUT2D eigenvalue weighted by Gasteiger charge is -2.35. The highest BCUT2D eigenvalue weighted by atomic mass is 19.1. The molecule has 9 heteroatoms. The van der Waals surface area contributed by atoms with Crippen molar-refractivity contribution in [2.75, 3.05) is 58.4 Å². The summed E-state index contributed by atoms with van der Waals surface area (Å²) in [7, 11) is 1.58. The Morgan fingerprint density at radius 2 is 1.92 bits per heavy atom. The average Bonchev–Trinajstić information content (AvgIpc) is 2.90. The fourth-order valence-electron chi connectivity index (χ4n) is 5.06. The van der Waals surface area contributed by atoms with Crippen LogP contribution in [0.5, 0.6) is 5.75 Å². The van der Waals surface area contributed by atoms with Crippen LogP contribution in [0, 0.1) is 11.7 Å². The van der Waals surface area contributed by atoms with Crippen molar-refractivity contribution >= 4 is 17.6 Å². The molecule has 2 saturated heterocycles. The highest BCUT2D eigenvalue weighted by molar-refractivity contribution is 5.90. The third-order valence-corrected chi connectivity index (χ3v) is 6.98. The minimum atomic E-state index is -0.354. The van der Waals surface area contributed by atoms with E-state index in [4.69, 9.17) is 9.47 Å². The quantitative estimate of drug-likeness (QED) is 0.537. The Balaban J connectivity index is 1.35. The van der Waals surface area contributed by atoms with Crippen LogP contribution in [0.25, 0.3) is 0 Å². The van der Waals surface area contributed by atoms with Gasteiger partial charge in [0, 0.05) is 50.9 Å². The van der Waals surface area contributed by atoms with Gasteiger partial charge in [-0.05, 0) is 55.0 Å². The Morgan fingerprint density at radius 1 is 1.14 bits per heavy atom. The van der Waals surface area contributed by atoms with Crippen molar-refractivity contribution in [1.29, 1.82) is 0 Å². The lowest BCUT2D eigenvalue weighted by atomic mass is 9.91. The van der Waals surface area contributed by atoms with Gasteiger partial charge < -0.3 is 25.0 Å². The molecule has 0 spiro atoms. The van der Waals surface area contributed by atoms with Crippen LogP contribution < -0.4 is 15.4 Å². The summed E-state index contributed by atoms with van der Waals surface area (Å²) in [4.78, 5) is 30.3. The van der Waals surface area contributed by atoms with Crippen LogP contribution in [0.3, 0.4) is 0 Å². The van der Waals surface area contributed by atoms with Crippen LogP contribution in [-0.2, 0) is 16.0 Å². The number of anilines is 1. The fourth-order valence-corrected chi connectivity index (χ4v) is 5.06. The smallest absolute Gasteiger partial charge is 0.319 e. The molecule has 2 aromatic rings. The minimum Gasteiger partial charge on any atom is -0.497 e. The highest BCUT2D eigenvalue weighted by Crippen LogP contribution is 2.22. The summed E-state index contributed by atoms with van der Waals surface area (Å²) in [5.74, 6) is 0.797. The van der Waals surface area contributed by atoms with E-state index in [0.29, 0.717) is 43.7 Å². The second-order valence-electron chi connectivity index (χ2n) is 9.82. The molecule has 200 valence electrons. The van der Waals surface area contributed by atoms with Crippen molar-refractivity contribution in [3.63, 3.8) is 0 Å². The molecule has 37 heavy (non-hydrogen) atoms. The molecule has 4 rings (SSSR count). The molecule has 2 N–H and O–H groups in total. The Labute approximate surface area is 218 Å². The van der Waals surface area contributed by atoms with Crippen molar-refractivity contribution < 1.29 is 23.5 Å². The van der Waals surface area contributed by atoms with Gasteiger partial charge in [0.25, 0.3) is 0 Å². The van der Waals surface area contributed by atoms with Gasteiger partial charge in [-0.3, -0.25) is 9.69 Å². The number of urea groups is 1. The molecule has 2 unspecified atom stereocenters. The van der Waals surface area contributed by atoms with E-state index in [0.717, 1.165) is 44.5 Å². The topological polar surface area (TPSA) is 83.1 Å². The number of methoxy groups -OCH3 is 1. The first-order chi connectivity index (χ1) is 18.0. The molecular formula is C28H37FN4O4. The number of amides is 3. The lowest BCUT2D eigenvalue weighted by molar-refractivity contribution is -0.133. The predicted octanol–water partition coefficient (Wildman–Crippen LogP) is 3.53. The zero-order valence-corrected chi connectivity index (χ0v) is 21.5. The number of rotatable bonds is 9. The predicted molar refractivity (Wildman–Crippen MR) is 140 cm³/mol. The Hall–Kier alpha value is -3.17. The van der Waals surface area contributed by atoms with Crippen molar-refractivity contribution in [2.45, 2.75) is 31.7 Å². The third kappa shape index (κ3) is 8.43. The molecule has 0 aromatic heterocycles. The van der Waals surface area contributed by atoms with Gasteiger partial charge in [-0.2, -0.15) is 0 Å². The molecule has 8 nitrogen and oxygen atoms in total. The van der Waals surface area contributed by atoms with Crippen LogP contribution >= 0.6 is 0 Å². The van der Waals surface area contributed by atoms with Gasteiger partial charge in [-0.25, -0.2) is 9.18 Å². The molecule has 2 aliphatic heterocycles. The molecule has 2 aromatic carbocycles. The number of hydrogen-bond donors (Lipinski definition) is 2. The second-order valence-corrected chi connectivity index (χ2v) is 9.82. The van der Waals surface area contributed by atoms with Crippen molar-refractivity contribution in [2.24, 2.45) is 5.92 Å². The standard InChI is InChI=1S/C28H37FN4O4/c1-36-26-6-2-5-24(17-26)30-28(35)31-25(20-32-12-14-37-15-13-32)18-27(34)33-11-3-4-22(19-33)16-21-7-9-23(29)10-8-21/h2,5-10,17,22,25H,3-4,11-16,18-20H2,1H3,(H2,30,31,35). The molecule has 2 aliphatic rings. The fraction of sp³-hybridized carbons (Fsp3) is 0.500. The zero-order chi connectivity index (χ0) is 26.0. The first-order valence-electron chi connectivity index (χ1n) is 13.0. The van der Waals surface area contributed by atoms with Crippen molar-refractivity contribution in [3.8, 4) is 5.75 Å². The number of piperidine rings is 1. The first-order valence-corrected chi connectivity index (χ1v) is 13.0. The molecule has 3 amide bonds. The minimum absolute atomic E-state index is 0.0451. The number of likely N-dealkylation sites (tertiary alicyclic amines) is 1. The summed E-state index contributed by atoms with van der Waals surface area (Å²) < 4.78 is 24.0. The first kappa shape index (κ1) is 26.9. The Morgan fingerprint density at radius 3 is 2.68 bits per heavy atom. The SMILES string of the molecule is COc1cccc(NC(=O)NC(CC(=O)N2CCCC(Cc3ccc(F)cc3)C2)CN2CCOCC2)c1. The summed E-state index contributed by atoms with van der Waals surface area (Å²) in [6.45, 7) is 4.81. The van der Waals surface area contributed by atoms with E-state index in [2.05, 4.69) is 15.5 Å². The number of morpholine rings is 1. The number of ether oxygens (including phenoxy) is 2. The van der Waals surface area contributed by atoms with E-state index in [1.165, 1.54) is 12.1 Å². The van der Waals surface area contributed by atoms with E-state index in [9.17, 15) is 14.0 Å². The van der Waals surface area contributed by atoms with Crippen LogP contribution in [0.1, 0.15) is 24.8 Å². The molecule has 2 fully saturated rings. The van der Waals surface area contributed by atoms with Gasteiger partial charge >= 0.3 is 6.03 Å². The number of carbonyl (C=O) groups excluding carboxylic acids is 2. The van der Waals surface area contributed by atoms with Gasteiger partial charge in [0.15, 0.2) is 0 Å². The van der Waals surface area contributed by atoms with Crippen LogP contribution in [0.15, 0.2) is 48.5 Å². The largest absolute Gasteiger partial charge is 0.497 e. The molecule has 2 heterocycles. The third-order valence-electron chi connectivity index (χ3n) is 6.98. The molecule has 0 aliphatic carbocycles. The summed E-state index contributed by atoms with van der Waals surface area (Å²) in [5, 5.41) is 5.87. The highest BCUT2D eigenvalue weighted by Gasteiger charge is 2.28. The molecule has 0 radical (unpaired) electrons. The Kier molecular flexibility index (Phi) is 9.73. The van der Waals surface area contributed by atoms with Gasteiger partial charge in [0.05, 0.1) is 26.4 Å². The average molecular weight is 513 g/mol. The van der Waals surface area contributed by atoms with Gasteiger partial charge in [-0.1, -0.05) is 18.2 Å². The summed E-state index contributed by atoms with van der Waals surface area (Å²) in [6.07, 6.45) is 3.03. The van der Waals surface area contributed by atoms with E-state index in [-0.39, 0.29) is 30.2 Å². The van der Waals surface area contributed by atoms with Crippen molar-refractivity contribution in [3.05, 3.63) is 59.9 Å². The lowest BCUT2D eigenvalue weighted by Crippen LogP contribution is -2.51. The van der Waals surface area contributed by atoms with E-state index in [1.54, 1.807) is 19.2 Å². The molecule has 2 atom stereocenters. The maximum Gasteiger partial charge on any atom is 0.319 e. The second kappa shape index (κ2) is 13.4. The summed E-state index contributed by atoms with van der Waals surface area (Å²) in [6, 6.07) is 13.1. The monoisotopic (exact) mass is 512 g/mol. The van der Waals surface area contributed by atoms with Crippen LogP contribution in [0.4, 0.5) is 14.9 Å².